The minimum absolute atomic E-state index is 0.429. The van der Waals surface area contributed by atoms with E-state index >= 15 is 0 Å². The van der Waals surface area contributed by atoms with Gasteiger partial charge in [-0.1, -0.05) is 41.9 Å². The van der Waals surface area contributed by atoms with Crippen molar-refractivity contribution in [3.8, 4) is 11.5 Å². The highest BCUT2D eigenvalue weighted by Crippen LogP contribution is 2.38. The quantitative estimate of drug-likeness (QED) is 0.873. The third-order valence-electron chi connectivity index (χ3n) is 3.79. The maximum Gasteiger partial charge on any atom is 0.239 e. The summed E-state index contributed by atoms with van der Waals surface area (Å²) in [5, 5.41) is 3.67. The van der Waals surface area contributed by atoms with Crippen molar-refractivity contribution in [2.24, 2.45) is 5.73 Å². The van der Waals surface area contributed by atoms with Crippen LogP contribution in [0.4, 0.5) is 0 Å². The summed E-state index contributed by atoms with van der Waals surface area (Å²) in [7, 11) is 0. The number of amides is 1. The lowest BCUT2D eigenvalue weighted by atomic mass is 10.1. The van der Waals surface area contributed by atoms with Gasteiger partial charge < -0.3 is 15.2 Å². The van der Waals surface area contributed by atoms with Crippen LogP contribution in [0.5, 0.6) is 11.5 Å². The Kier molecular flexibility index (Phi) is 5.23. The number of nitrogens with two attached hydrogens (primary N) is 1. The summed E-state index contributed by atoms with van der Waals surface area (Å²) in [6.45, 7) is 1.61. The van der Waals surface area contributed by atoms with Crippen molar-refractivity contribution in [1.82, 2.24) is 5.32 Å². The molecule has 0 radical (unpaired) electrons. The molecular weight excluding hydrogens is 328 g/mol. The van der Waals surface area contributed by atoms with Gasteiger partial charge >= 0.3 is 0 Å². The van der Waals surface area contributed by atoms with Crippen LogP contribution in [0.1, 0.15) is 23.6 Å². The molecule has 1 aliphatic heterocycles. The first-order valence-corrected chi connectivity index (χ1v) is 8.18. The summed E-state index contributed by atoms with van der Waals surface area (Å²) in [5.74, 6) is 0.779. The SMILES string of the molecule is NC(=O)[C@H](NCc1cc(Cl)c2c(c1)OCCCO2)c1ccccc1. The highest BCUT2D eigenvalue weighted by Gasteiger charge is 2.19. The van der Waals surface area contributed by atoms with Crippen molar-refractivity contribution in [2.45, 2.75) is 19.0 Å². The van der Waals surface area contributed by atoms with Crippen LogP contribution in [0.2, 0.25) is 5.02 Å². The van der Waals surface area contributed by atoms with E-state index in [1.54, 1.807) is 0 Å². The van der Waals surface area contributed by atoms with E-state index in [9.17, 15) is 4.79 Å². The number of fused-ring (bicyclic) bond motifs is 1. The fourth-order valence-corrected chi connectivity index (χ4v) is 2.92. The summed E-state index contributed by atoms with van der Waals surface area (Å²) in [6, 6.07) is 12.5. The molecule has 24 heavy (non-hydrogen) atoms. The summed E-state index contributed by atoms with van der Waals surface area (Å²) in [5.41, 5.74) is 7.24. The predicted octanol–water partition coefficient (Wildman–Crippen LogP) is 2.82. The molecule has 3 rings (SSSR count). The van der Waals surface area contributed by atoms with Crippen LogP contribution in [0.15, 0.2) is 42.5 Å². The normalized spacial score (nSPS) is 14.7. The average molecular weight is 347 g/mol. The van der Waals surface area contributed by atoms with E-state index in [2.05, 4.69) is 5.32 Å². The van der Waals surface area contributed by atoms with Crippen molar-refractivity contribution in [1.29, 1.82) is 0 Å². The van der Waals surface area contributed by atoms with Gasteiger partial charge in [0, 0.05) is 13.0 Å². The number of carbonyl (C=O) groups excluding carboxylic acids is 1. The molecule has 2 aromatic rings. The lowest BCUT2D eigenvalue weighted by Gasteiger charge is -2.17. The Hall–Kier alpha value is -2.24. The van der Waals surface area contributed by atoms with E-state index < -0.39 is 11.9 Å². The molecule has 5 nitrogen and oxygen atoms in total. The standard InChI is InChI=1S/C18H19ClN2O3/c19-14-9-12(10-15-17(14)24-8-4-7-23-15)11-21-16(18(20)22)13-5-2-1-3-6-13/h1-3,5-6,9-10,16,21H,4,7-8,11H2,(H2,20,22)/t16-/m1/s1. The fourth-order valence-electron chi connectivity index (χ4n) is 2.63. The van der Waals surface area contributed by atoms with E-state index in [0.717, 1.165) is 17.5 Å². The monoisotopic (exact) mass is 346 g/mol. The van der Waals surface area contributed by atoms with Gasteiger partial charge in [0.05, 0.1) is 18.2 Å². The second-order valence-electron chi connectivity index (χ2n) is 5.58. The third kappa shape index (κ3) is 3.80. The summed E-state index contributed by atoms with van der Waals surface area (Å²) >= 11 is 6.29. The van der Waals surface area contributed by atoms with Crippen molar-refractivity contribution >= 4 is 17.5 Å². The smallest absolute Gasteiger partial charge is 0.239 e. The number of halogens is 1. The van der Waals surface area contributed by atoms with Crippen LogP contribution in [-0.2, 0) is 11.3 Å². The zero-order valence-electron chi connectivity index (χ0n) is 13.1. The van der Waals surface area contributed by atoms with E-state index in [0.29, 0.717) is 36.3 Å². The van der Waals surface area contributed by atoms with Gasteiger partial charge in [-0.15, -0.1) is 0 Å². The molecule has 0 saturated carbocycles. The first kappa shape index (κ1) is 16.6. The van der Waals surface area contributed by atoms with Crippen molar-refractivity contribution < 1.29 is 14.3 Å². The number of benzene rings is 2. The van der Waals surface area contributed by atoms with Gasteiger partial charge in [0.2, 0.25) is 5.91 Å². The van der Waals surface area contributed by atoms with E-state index in [1.807, 2.05) is 42.5 Å². The molecule has 0 spiro atoms. The maximum atomic E-state index is 11.8. The molecule has 6 heteroatoms. The average Bonchev–Trinajstić information content (AvgIpc) is 2.81. The van der Waals surface area contributed by atoms with Gasteiger partial charge in [-0.25, -0.2) is 0 Å². The lowest BCUT2D eigenvalue weighted by molar-refractivity contribution is -0.120. The Labute approximate surface area is 145 Å². The summed E-state index contributed by atoms with van der Waals surface area (Å²) < 4.78 is 11.3. The number of rotatable bonds is 5. The molecule has 1 aliphatic rings. The minimum atomic E-state index is -0.569. The Morgan fingerprint density at radius 3 is 2.71 bits per heavy atom. The van der Waals surface area contributed by atoms with Gasteiger partial charge in [0.1, 0.15) is 6.04 Å². The minimum Gasteiger partial charge on any atom is -0.489 e. The lowest BCUT2D eigenvalue weighted by Crippen LogP contribution is -2.33. The topological polar surface area (TPSA) is 73.6 Å². The predicted molar refractivity (Wildman–Crippen MR) is 92.3 cm³/mol. The molecular formula is C18H19ClN2O3. The van der Waals surface area contributed by atoms with Gasteiger partial charge in [-0.05, 0) is 23.3 Å². The zero-order valence-corrected chi connectivity index (χ0v) is 13.9. The second kappa shape index (κ2) is 7.55. The van der Waals surface area contributed by atoms with Gasteiger partial charge in [-0.2, -0.15) is 0 Å². The Morgan fingerprint density at radius 1 is 1.21 bits per heavy atom. The number of hydrogen-bond acceptors (Lipinski definition) is 4. The van der Waals surface area contributed by atoms with Crippen molar-refractivity contribution in [2.75, 3.05) is 13.2 Å². The molecule has 0 unspecified atom stereocenters. The molecule has 1 amide bonds. The Morgan fingerprint density at radius 2 is 1.96 bits per heavy atom. The molecule has 1 heterocycles. The van der Waals surface area contributed by atoms with Gasteiger partial charge in [0.25, 0.3) is 0 Å². The van der Waals surface area contributed by atoms with Crippen LogP contribution in [-0.4, -0.2) is 19.1 Å². The Balaban J connectivity index is 1.77. The van der Waals surface area contributed by atoms with E-state index in [-0.39, 0.29) is 0 Å². The molecule has 0 aromatic heterocycles. The van der Waals surface area contributed by atoms with Gasteiger partial charge in [0.15, 0.2) is 11.5 Å². The fraction of sp³-hybridized carbons (Fsp3) is 0.278. The summed E-state index contributed by atoms with van der Waals surface area (Å²) in [6.07, 6.45) is 0.816. The van der Waals surface area contributed by atoms with E-state index in [1.165, 1.54) is 0 Å². The number of primary amides is 1. The second-order valence-corrected chi connectivity index (χ2v) is 5.99. The number of nitrogens with one attached hydrogen (secondary N) is 1. The third-order valence-corrected chi connectivity index (χ3v) is 4.07. The maximum absolute atomic E-state index is 11.8. The molecule has 0 bridgehead atoms. The van der Waals surface area contributed by atoms with Crippen LogP contribution < -0.4 is 20.5 Å². The van der Waals surface area contributed by atoms with Crippen LogP contribution in [0.25, 0.3) is 0 Å². The molecule has 2 aromatic carbocycles. The summed E-state index contributed by atoms with van der Waals surface area (Å²) in [4.78, 5) is 11.8. The first-order valence-electron chi connectivity index (χ1n) is 7.81. The molecule has 3 N–H and O–H groups in total. The van der Waals surface area contributed by atoms with Crippen molar-refractivity contribution in [3.05, 3.63) is 58.6 Å². The number of hydrogen-bond donors (Lipinski definition) is 2. The number of carbonyl (C=O) groups is 1. The Bertz CT molecular complexity index is 722. The number of ether oxygens (including phenoxy) is 2. The van der Waals surface area contributed by atoms with Crippen LogP contribution >= 0.6 is 11.6 Å². The first-order chi connectivity index (χ1) is 11.6. The zero-order chi connectivity index (χ0) is 16.9. The molecule has 0 fully saturated rings. The molecule has 126 valence electrons. The largest absolute Gasteiger partial charge is 0.489 e. The van der Waals surface area contributed by atoms with Crippen LogP contribution in [0.3, 0.4) is 0 Å². The van der Waals surface area contributed by atoms with E-state index in [4.69, 9.17) is 26.8 Å². The molecule has 0 aliphatic carbocycles. The van der Waals surface area contributed by atoms with Crippen LogP contribution in [0, 0.1) is 0 Å². The molecule has 0 saturated heterocycles. The highest BCUT2D eigenvalue weighted by atomic mass is 35.5. The highest BCUT2D eigenvalue weighted by molar-refractivity contribution is 6.32. The molecule has 1 atom stereocenters. The van der Waals surface area contributed by atoms with Crippen molar-refractivity contribution in [3.63, 3.8) is 0 Å². The van der Waals surface area contributed by atoms with Gasteiger partial charge in [-0.3, -0.25) is 10.1 Å².